The van der Waals surface area contributed by atoms with Gasteiger partial charge in [-0.1, -0.05) is 0 Å². The van der Waals surface area contributed by atoms with Crippen molar-refractivity contribution in [1.29, 1.82) is 0 Å². The van der Waals surface area contributed by atoms with E-state index in [4.69, 9.17) is 5.73 Å². The molecule has 0 saturated carbocycles. The first-order chi connectivity index (χ1) is 7.88. The summed E-state index contributed by atoms with van der Waals surface area (Å²) in [7, 11) is 1.91. The van der Waals surface area contributed by atoms with E-state index in [0.717, 1.165) is 24.3 Å². The lowest BCUT2D eigenvalue weighted by Gasteiger charge is -2.34. The number of thiazole rings is 1. The first-order valence-electron chi connectivity index (χ1n) is 5.36. The van der Waals surface area contributed by atoms with Crippen LogP contribution in [0.4, 0.5) is 13.2 Å². The van der Waals surface area contributed by atoms with Gasteiger partial charge in [0.15, 0.2) is 5.01 Å². The standard InChI is InChI=1S/C10H14F3N3S/c1-16-3-2-6(14)4-7(16)8-5-15-9(17-8)10(11,12)13/h5-7H,2-4,14H2,1H3. The van der Waals surface area contributed by atoms with Crippen LogP contribution < -0.4 is 5.73 Å². The highest BCUT2D eigenvalue weighted by molar-refractivity contribution is 7.11. The molecule has 1 saturated heterocycles. The zero-order chi connectivity index (χ0) is 12.6. The number of alkyl halides is 3. The fraction of sp³-hybridized carbons (Fsp3) is 0.700. The van der Waals surface area contributed by atoms with E-state index in [1.807, 2.05) is 11.9 Å². The molecule has 0 aliphatic carbocycles. The molecule has 0 amide bonds. The normalized spacial score (nSPS) is 27.4. The number of hydrogen-bond donors (Lipinski definition) is 1. The summed E-state index contributed by atoms with van der Waals surface area (Å²) in [6.07, 6.45) is -1.45. The average Bonchev–Trinajstić information content (AvgIpc) is 2.70. The molecule has 1 fully saturated rings. The quantitative estimate of drug-likeness (QED) is 0.847. The van der Waals surface area contributed by atoms with Crippen molar-refractivity contribution in [3.05, 3.63) is 16.1 Å². The molecule has 2 atom stereocenters. The van der Waals surface area contributed by atoms with E-state index in [1.165, 1.54) is 6.20 Å². The number of hydrogen-bond acceptors (Lipinski definition) is 4. The van der Waals surface area contributed by atoms with Gasteiger partial charge in [0, 0.05) is 23.2 Å². The van der Waals surface area contributed by atoms with Gasteiger partial charge in [0.05, 0.1) is 0 Å². The largest absolute Gasteiger partial charge is 0.443 e. The Bertz CT molecular complexity index is 390. The predicted molar refractivity (Wildman–Crippen MR) is 59.7 cm³/mol. The molecule has 3 nitrogen and oxygen atoms in total. The van der Waals surface area contributed by atoms with Crippen LogP contribution in [0.15, 0.2) is 6.20 Å². The number of nitrogens with two attached hydrogens (primary N) is 1. The topological polar surface area (TPSA) is 42.1 Å². The third-order valence-electron chi connectivity index (χ3n) is 3.01. The molecule has 17 heavy (non-hydrogen) atoms. The Labute approximate surface area is 101 Å². The number of halogens is 3. The molecule has 0 bridgehead atoms. The van der Waals surface area contributed by atoms with Crippen LogP contribution >= 0.6 is 11.3 Å². The van der Waals surface area contributed by atoms with E-state index >= 15 is 0 Å². The average molecular weight is 265 g/mol. The molecular weight excluding hydrogens is 251 g/mol. The third-order valence-corrected chi connectivity index (χ3v) is 4.15. The zero-order valence-electron chi connectivity index (χ0n) is 9.37. The van der Waals surface area contributed by atoms with Gasteiger partial charge in [0.1, 0.15) is 0 Å². The van der Waals surface area contributed by atoms with Gasteiger partial charge in [-0.25, -0.2) is 4.98 Å². The molecule has 2 rings (SSSR count). The number of nitrogens with zero attached hydrogens (tertiary/aromatic N) is 2. The van der Waals surface area contributed by atoms with E-state index in [2.05, 4.69) is 4.98 Å². The summed E-state index contributed by atoms with van der Waals surface area (Å²) in [6, 6.07) is 0.0278. The van der Waals surface area contributed by atoms with E-state index in [9.17, 15) is 13.2 Å². The molecule has 1 aromatic rings. The summed E-state index contributed by atoms with van der Waals surface area (Å²) >= 11 is 0.719. The van der Waals surface area contributed by atoms with Crippen LogP contribution in [-0.2, 0) is 6.18 Å². The Morgan fingerprint density at radius 1 is 1.53 bits per heavy atom. The number of aromatic nitrogens is 1. The first-order valence-corrected chi connectivity index (χ1v) is 6.18. The van der Waals surface area contributed by atoms with Crippen LogP contribution in [0.5, 0.6) is 0 Å². The summed E-state index contributed by atoms with van der Waals surface area (Å²) in [5, 5.41) is -0.778. The highest BCUT2D eigenvalue weighted by Gasteiger charge is 2.36. The first kappa shape index (κ1) is 12.8. The summed E-state index contributed by atoms with van der Waals surface area (Å²) in [5.74, 6) is 0. The second-order valence-corrected chi connectivity index (χ2v) is 5.41. The van der Waals surface area contributed by atoms with Crippen molar-refractivity contribution < 1.29 is 13.2 Å². The molecular formula is C10H14F3N3S. The number of rotatable bonds is 1. The van der Waals surface area contributed by atoms with E-state index in [0.29, 0.717) is 11.3 Å². The lowest BCUT2D eigenvalue weighted by Crippen LogP contribution is -2.39. The van der Waals surface area contributed by atoms with Gasteiger partial charge in [0.2, 0.25) is 0 Å². The van der Waals surface area contributed by atoms with E-state index in [1.54, 1.807) is 0 Å². The van der Waals surface area contributed by atoms with Crippen LogP contribution in [0.25, 0.3) is 0 Å². The molecule has 2 unspecified atom stereocenters. The van der Waals surface area contributed by atoms with Crippen molar-refractivity contribution in [3.8, 4) is 0 Å². The van der Waals surface area contributed by atoms with E-state index in [-0.39, 0.29) is 12.1 Å². The van der Waals surface area contributed by atoms with Crippen molar-refractivity contribution in [1.82, 2.24) is 9.88 Å². The Hall–Kier alpha value is -0.660. The SMILES string of the molecule is CN1CCC(N)CC1c1cnc(C(F)(F)F)s1. The molecule has 2 heterocycles. The van der Waals surface area contributed by atoms with E-state index < -0.39 is 11.2 Å². The Morgan fingerprint density at radius 3 is 2.82 bits per heavy atom. The lowest BCUT2D eigenvalue weighted by molar-refractivity contribution is -0.137. The van der Waals surface area contributed by atoms with Crippen molar-refractivity contribution in [2.45, 2.75) is 31.1 Å². The van der Waals surface area contributed by atoms with Crippen molar-refractivity contribution in [2.24, 2.45) is 5.73 Å². The molecule has 96 valence electrons. The van der Waals surface area contributed by atoms with Crippen molar-refractivity contribution >= 4 is 11.3 Å². The maximum absolute atomic E-state index is 12.5. The molecule has 7 heteroatoms. The number of likely N-dealkylation sites (tertiary alicyclic amines) is 1. The fourth-order valence-corrected chi connectivity index (χ4v) is 2.98. The molecule has 2 N–H and O–H groups in total. The lowest BCUT2D eigenvalue weighted by atomic mass is 9.98. The van der Waals surface area contributed by atoms with Gasteiger partial charge in [0.25, 0.3) is 0 Å². The minimum atomic E-state index is -4.35. The number of piperidine rings is 1. The second kappa shape index (κ2) is 4.55. The highest BCUT2D eigenvalue weighted by Crippen LogP contribution is 2.38. The third kappa shape index (κ3) is 2.78. The monoisotopic (exact) mass is 265 g/mol. The summed E-state index contributed by atoms with van der Waals surface area (Å²) in [4.78, 5) is 6.14. The van der Waals surface area contributed by atoms with Crippen molar-refractivity contribution in [3.63, 3.8) is 0 Å². The Morgan fingerprint density at radius 2 is 2.24 bits per heavy atom. The molecule has 1 aliphatic heterocycles. The smallest absolute Gasteiger partial charge is 0.328 e. The minimum absolute atomic E-state index is 0.0349. The fourth-order valence-electron chi connectivity index (χ4n) is 2.01. The maximum Gasteiger partial charge on any atom is 0.443 e. The highest BCUT2D eigenvalue weighted by atomic mass is 32.1. The van der Waals surface area contributed by atoms with Gasteiger partial charge in [-0.3, -0.25) is 4.90 Å². The van der Waals surface area contributed by atoms with Crippen LogP contribution in [0, 0.1) is 0 Å². The van der Waals surface area contributed by atoms with Gasteiger partial charge in [-0.05, 0) is 26.4 Å². The van der Waals surface area contributed by atoms with Crippen molar-refractivity contribution in [2.75, 3.05) is 13.6 Å². The Balaban J connectivity index is 2.19. The van der Waals surface area contributed by atoms with Gasteiger partial charge in [-0.15, -0.1) is 11.3 Å². The van der Waals surface area contributed by atoms with Gasteiger partial charge >= 0.3 is 6.18 Å². The molecule has 1 aromatic heterocycles. The second-order valence-electron chi connectivity index (χ2n) is 4.35. The summed E-state index contributed by atoms with van der Waals surface area (Å²) in [5.41, 5.74) is 5.85. The Kier molecular flexibility index (Phi) is 3.42. The molecule has 0 aromatic carbocycles. The predicted octanol–water partition coefficient (Wildman–Crippen LogP) is 2.26. The summed E-state index contributed by atoms with van der Waals surface area (Å²) < 4.78 is 37.4. The molecule has 1 aliphatic rings. The van der Waals surface area contributed by atoms with Crippen LogP contribution in [0.1, 0.15) is 28.8 Å². The molecule has 0 spiro atoms. The van der Waals surface area contributed by atoms with Gasteiger partial charge in [-0.2, -0.15) is 13.2 Å². The van der Waals surface area contributed by atoms with Gasteiger partial charge < -0.3 is 5.73 Å². The zero-order valence-corrected chi connectivity index (χ0v) is 10.2. The maximum atomic E-state index is 12.5. The van der Waals surface area contributed by atoms with Crippen LogP contribution in [0.2, 0.25) is 0 Å². The summed E-state index contributed by atoms with van der Waals surface area (Å²) in [6.45, 7) is 0.811. The van der Waals surface area contributed by atoms with Crippen LogP contribution in [0.3, 0.4) is 0 Å². The minimum Gasteiger partial charge on any atom is -0.328 e. The van der Waals surface area contributed by atoms with Crippen LogP contribution in [-0.4, -0.2) is 29.5 Å². The molecule has 0 radical (unpaired) electrons.